The summed E-state index contributed by atoms with van der Waals surface area (Å²) in [4.78, 5) is 18.8. The number of aryl methyl sites for hydroxylation is 2. The first-order valence-corrected chi connectivity index (χ1v) is 9.01. The number of likely N-dealkylation sites (tertiary alicyclic amines) is 1. The van der Waals surface area contributed by atoms with Crippen molar-refractivity contribution in [1.82, 2.24) is 24.9 Å². The van der Waals surface area contributed by atoms with Gasteiger partial charge in [0.15, 0.2) is 5.82 Å². The Kier molecular flexibility index (Phi) is 5.53. The zero-order valence-corrected chi connectivity index (χ0v) is 15.3. The average Bonchev–Trinajstić information content (AvgIpc) is 3.20. The quantitative estimate of drug-likeness (QED) is 0.869. The highest BCUT2D eigenvalue weighted by Crippen LogP contribution is 2.31. The fraction of sp³-hybridized carbons (Fsp3) is 0.611. The average molecular weight is 345 g/mol. The molecule has 136 valence electrons. The largest absolute Gasteiger partial charge is 0.354 e. The Morgan fingerprint density at radius 2 is 2.24 bits per heavy atom. The monoisotopic (exact) mass is 345 g/mol. The molecule has 2 aromatic rings. The topological polar surface area (TPSA) is 76.2 Å². The molecule has 7 heteroatoms. The van der Waals surface area contributed by atoms with E-state index in [0.717, 1.165) is 32.4 Å². The normalized spacial score (nSPS) is 18.4. The Morgan fingerprint density at radius 1 is 1.40 bits per heavy atom. The maximum Gasteiger partial charge on any atom is 0.267 e. The molecule has 2 aromatic heterocycles. The maximum atomic E-state index is 12.0. The van der Waals surface area contributed by atoms with Gasteiger partial charge in [-0.25, -0.2) is 0 Å². The van der Waals surface area contributed by atoms with Crippen molar-refractivity contribution in [3.63, 3.8) is 0 Å². The highest BCUT2D eigenvalue weighted by atomic mass is 16.5. The molecule has 1 aliphatic rings. The summed E-state index contributed by atoms with van der Waals surface area (Å²) in [6.45, 7) is 3.92. The summed E-state index contributed by atoms with van der Waals surface area (Å²) >= 11 is 0. The zero-order chi connectivity index (χ0) is 17.8. The second kappa shape index (κ2) is 7.82. The molecule has 25 heavy (non-hydrogen) atoms. The predicted molar refractivity (Wildman–Crippen MR) is 94.3 cm³/mol. The SMILES string of the molecule is CNC(=O)c1ccc([C@H]2CCCCN2CCCc2nc(C)no2)n1C. The Hall–Kier alpha value is -2.15. The molecule has 0 unspecified atom stereocenters. The van der Waals surface area contributed by atoms with Crippen LogP contribution in [0, 0.1) is 6.92 Å². The van der Waals surface area contributed by atoms with Gasteiger partial charge in [-0.1, -0.05) is 11.6 Å². The number of piperidine rings is 1. The number of nitrogens with zero attached hydrogens (tertiary/aromatic N) is 4. The number of carbonyl (C=O) groups is 1. The molecule has 1 aliphatic heterocycles. The molecule has 3 heterocycles. The smallest absolute Gasteiger partial charge is 0.267 e. The van der Waals surface area contributed by atoms with Crippen LogP contribution < -0.4 is 5.32 Å². The van der Waals surface area contributed by atoms with Crippen molar-refractivity contribution in [1.29, 1.82) is 0 Å². The van der Waals surface area contributed by atoms with E-state index in [0.29, 0.717) is 23.5 Å². The molecule has 0 aliphatic carbocycles. The lowest BCUT2D eigenvalue weighted by molar-refractivity contribution is 0.0952. The van der Waals surface area contributed by atoms with Crippen molar-refractivity contribution in [2.45, 2.75) is 45.1 Å². The van der Waals surface area contributed by atoms with Gasteiger partial charge in [0.05, 0.1) is 6.04 Å². The lowest BCUT2D eigenvalue weighted by Gasteiger charge is -2.36. The fourth-order valence-corrected chi connectivity index (χ4v) is 3.69. The minimum absolute atomic E-state index is 0.0390. The molecule has 0 spiro atoms. The van der Waals surface area contributed by atoms with Crippen LogP contribution in [0.1, 0.15) is 59.6 Å². The predicted octanol–water partition coefficient (Wildman–Crippen LogP) is 2.24. The van der Waals surface area contributed by atoms with Crippen LogP contribution in [0.4, 0.5) is 0 Å². The first kappa shape index (κ1) is 17.7. The van der Waals surface area contributed by atoms with Crippen molar-refractivity contribution in [3.8, 4) is 0 Å². The molecule has 0 radical (unpaired) electrons. The van der Waals surface area contributed by atoms with E-state index in [1.54, 1.807) is 7.05 Å². The third-order valence-electron chi connectivity index (χ3n) is 4.98. The number of hydrogen-bond donors (Lipinski definition) is 1. The third kappa shape index (κ3) is 3.92. The maximum absolute atomic E-state index is 12.0. The number of aromatic nitrogens is 3. The zero-order valence-electron chi connectivity index (χ0n) is 15.3. The number of hydrogen-bond acceptors (Lipinski definition) is 5. The number of rotatable bonds is 6. The molecule has 1 N–H and O–H groups in total. The molecule has 1 atom stereocenters. The van der Waals surface area contributed by atoms with Crippen molar-refractivity contribution in [2.24, 2.45) is 7.05 Å². The van der Waals surface area contributed by atoms with Crippen molar-refractivity contribution < 1.29 is 9.32 Å². The molecular formula is C18H27N5O2. The van der Waals surface area contributed by atoms with Crippen LogP contribution in [0.15, 0.2) is 16.7 Å². The van der Waals surface area contributed by atoms with Crippen LogP contribution in [-0.4, -0.2) is 45.7 Å². The van der Waals surface area contributed by atoms with Gasteiger partial charge >= 0.3 is 0 Å². The van der Waals surface area contributed by atoms with Crippen LogP contribution in [0.25, 0.3) is 0 Å². The second-order valence-corrected chi connectivity index (χ2v) is 6.67. The Balaban J connectivity index is 1.66. The van der Waals surface area contributed by atoms with Crippen LogP contribution in [0.2, 0.25) is 0 Å². The van der Waals surface area contributed by atoms with Gasteiger partial charge in [0, 0.05) is 26.2 Å². The third-order valence-corrected chi connectivity index (χ3v) is 4.98. The second-order valence-electron chi connectivity index (χ2n) is 6.67. The number of carbonyl (C=O) groups excluding carboxylic acids is 1. The van der Waals surface area contributed by atoms with E-state index in [4.69, 9.17) is 4.52 Å². The van der Waals surface area contributed by atoms with Crippen molar-refractivity contribution in [2.75, 3.05) is 20.1 Å². The van der Waals surface area contributed by atoms with Crippen molar-refractivity contribution >= 4 is 5.91 Å². The van der Waals surface area contributed by atoms with Gasteiger partial charge in [0.25, 0.3) is 5.91 Å². The van der Waals surface area contributed by atoms with Crippen LogP contribution in [0.3, 0.4) is 0 Å². The molecule has 0 saturated carbocycles. The Morgan fingerprint density at radius 3 is 2.96 bits per heavy atom. The minimum atomic E-state index is -0.0390. The van der Waals surface area contributed by atoms with Gasteiger partial charge in [-0.05, 0) is 51.4 Å². The van der Waals surface area contributed by atoms with Crippen LogP contribution in [-0.2, 0) is 13.5 Å². The van der Waals surface area contributed by atoms with E-state index in [9.17, 15) is 4.79 Å². The summed E-state index contributed by atoms with van der Waals surface area (Å²) in [6, 6.07) is 4.37. The molecule has 1 amide bonds. The van der Waals surface area contributed by atoms with E-state index < -0.39 is 0 Å². The van der Waals surface area contributed by atoms with Gasteiger partial charge < -0.3 is 14.4 Å². The summed E-state index contributed by atoms with van der Waals surface area (Å²) in [6.07, 6.45) is 5.38. The Bertz CT molecular complexity index is 721. The first-order chi connectivity index (χ1) is 12.1. The van der Waals surface area contributed by atoms with Gasteiger partial charge in [-0.3, -0.25) is 9.69 Å². The number of nitrogens with one attached hydrogen (secondary N) is 1. The van der Waals surface area contributed by atoms with Gasteiger partial charge in [0.1, 0.15) is 5.69 Å². The summed E-state index contributed by atoms with van der Waals surface area (Å²) in [5.41, 5.74) is 1.93. The number of amides is 1. The van der Waals surface area contributed by atoms with Crippen molar-refractivity contribution in [3.05, 3.63) is 35.2 Å². The van der Waals surface area contributed by atoms with Gasteiger partial charge in [-0.2, -0.15) is 4.98 Å². The van der Waals surface area contributed by atoms with Gasteiger partial charge in [-0.15, -0.1) is 0 Å². The molecule has 0 bridgehead atoms. The fourth-order valence-electron chi connectivity index (χ4n) is 3.69. The highest BCUT2D eigenvalue weighted by molar-refractivity contribution is 5.92. The van der Waals surface area contributed by atoms with Gasteiger partial charge in [0.2, 0.25) is 5.89 Å². The first-order valence-electron chi connectivity index (χ1n) is 9.01. The lowest BCUT2D eigenvalue weighted by atomic mass is 9.99. The van der Waals surface area contributed by atoms with Crippen LogP contribution in [0.5, 0.6) is 0 Å². The summed E-state index contributed by atoms with van der Waals surface area (Å²) < 4.78 is 7.23. The van der Waals surface area contributed by atoms with E-state index in [1.807, 2.05) is 24.6 Å². The standard InChI is InChI=1S/C18H27N5O2/c1-13-20-17(25-21-13)8-6-12-23-11-5-4-7-15(23)14-9-10-16(22(14)3)18(24)19-2/h9-10,15H,4-8,11-12H2,1-3H3,(H,19,24)/t15-/m1/s1. The molecule has 7 nitrogen and oxygen atoms in total. The molecule has 1 fully saturated rings. The van der Waals surface area contributed by atoms with E-state index in [1.165, 1.54) is 18.5 Å². The lowest BCUT2D eigenvalue weighted by Crippen LogP contribution is -2.35. The highest BCUT2D eigenvalue weighted by Gasteiger charge is 2.27. The summed E-state index contributed by atoms with van der Waals surface area (Å²) in [5.74, 6) is 1.37. The van der Waals surface area contributed by atoms with E-state index >= 15 is 0 Å². The molecule has 3 rings (SSSR count). The Labute approximate surface area is 148 Å². The summed E-state index contributed by atoms with van der Waals surface area (Å²) in [5, 5.41) is 6.55. The van der Waals surface area contributed by atoms with Crippen LogP contribution >= 0.6 is 0 Å². The molecule has 1 saturated heterocycles. The van der Waals surface area contributed by atoms with E-state index in [2.05, 4.69) is 26.4 Å². The molecular weight excluding hydrogens is 318 g/mol. The summed E-state index contributed by atoms with van der Waals surface area (Å²) in [7, 11) is 3.65. The minimum Gasteiger partial charge on any atom is -0.354 e. The van der Waals surface area contributed by atoms with E-state index in [-0.39, 0.29) is 5.91 Å². The molecule has 0 aromatic carbocycles.